The van der Waals surface area contributed by atoms with Crippen molar-refractivity contribution in [3.8, 4) is 17.1 Å². The number of ether oxygens (including phenoxy) is 1. The third-order valence-corrected chi connectivity index (χ3v) is 5.30. The maximum Gasteiger partial charge on any atom is 0.350 e. The van der Waals surface area contributed by atoms with Gasteiger partial charge in [0.25, 0.3) is 0 Å². The smallest absolute Gasteiger partial charge is 0.350 e. The molecule has 0 radical (unpaired) electrons. The van der Waals surface area contributed by atoms with Gasteiger partial charge in [0.1, 0.15) is 12.4 Å². The van der Waals surface area contributed by atoms with Crippen molar-refractivity contribution in [2.45, 2.75) is 39.8 Å². The van der Waals surface area contributed by atoms with Crippen LogP contribution in [0, 0.1) is 5.41 Å². The van der Waals surface area contributed by atoms with E-state index in [-0.39, 0.29) is 17.2 Å². The molecule has 0 fully saturated rings. The van der Waals surface area contributed by atoms with Crippen LogP contribution in [0.15, 0.2) is 72.9 Å². The van der Waals surface area contributed by atoms with E-state index in [2.05, 4.69) is 53.3 Å². The SMILES string of the molecule is CC(C)(C)C(c1ccc(OCc2ccccn2)cc1)c1ccc(-c2nnn(C(F)F)n2)cc1. The predicted molar refractivity (Wildman–Crippen MR) is 121 cm³/mol. The van der Waals surface area contributed by atoms with Gasteiger partial charge in [-0.2, -0.15) is 8.78 Å². The summed E-state index contributed by atoms with van der Waals surface area (Å²) >= 11 is 0. The standard InChI is InChI=1S/C25H25F2N5O/c1-25(2,3)22(17-7-9-19(10-8-17)23-29-31-32(30-23)24(26)27)18-11-13-21(14-12-18)33-16-20-6-4-5-15-28-20/h4-15,22,24H,16H2,1-3H3. The van der Waals surface area contributed by atoms with Crippen LogP contribution in [0.25, 0.3) is 11.4 Å². The molecule has 2 aromatic heterocycles. The first-order valence-electron chi connectivity index (χ1n) is 10.6. The van der Waals surface area contributed by atoms with E-state index >= 15 is 0 Å². The molecule has 8 heteroatoms. The lowest BCUT2D eigenvalue weighted by atomic mass is 9.72. The number of benzene rings is 2. The second-order valence-electron chi connectivity index (χ2n) is 8.81. The highest BCUT2D eigenvalue weighted by atomic mass is 19.3. The molecular weight excluding hydrogens is 424 g/mol. The average molecular weight is 450 g/mol. The topological polar surface area (TPSA) is 65.7 Å². The van der Waals surface area contributed by atoms with Crippen LogP contribution in [-0.2, 0) is 6.61 Å². The van der Waals surface area contributed by atoms with Gasteiger partial charge in [0.15, 0.2) is 0 Å². The summed E-state index contributed by atoms with van der Waals surface area (Å²) in [6, 6.07) is 21.5. The van der Waals surface area contributed by atoms with Crippen LogP contribution >= 0.6 is 0 Å². The quantitative estimate of drug-likeness (QED) is 0.352. The number of halogens is 2. The third-order valence-electron chi connectivity index (χ3n) is 5.30. The second-order valence-corrected chi connectivity index (χ2v) is 8.81. The summed E-state index contributed by atoms with van der Waals surface area (Å²) in [4.78, 5) is 4.58. The Morgan fingerprint density at radius 2 is 1.58 bits per heavy atom. The second kappa shape index (κ2) is 9.44. The molecule has 0 spiro atoms. The van der Waals surface area contributed by atoms with Crippen molar-refractivity contribution in [1.82, 2.24) is 25.2 Å². The largest absolute Gasteiger partial charge is 0.487 e. The lowest BCUT2D eigenvalue weighted by Crippen LogP contribution is -2.19. The fourth-order valence-electron chi connectivity index (χ4n) is 3.84. The van der Waals surface area contributed by atoms with Crippen molar-refractivity contribution in [1.29, 1.82) is 0 Å². The lowest BCUT2D eigenvalue weighted by Gasteiger charge is -2.32. The van der Waals surface area contributed by atoms with Crippen LogP contribution in [0.3, 0.4) is 0 Å². The molecule has 2 heterocycles. The van der Waals surface area contributed by atoms with E-state index in [4.69, 9.17) is 4.74 Å². The Balaban J connectivity index is 1.53. The summed E-state index contributed by atoms with van der Waals surface area (Å²) in [5.74, 6) is 1.06. The first kappa shape index (κ1) is 22.5. The van der Waals surface area contributed by atoms with Crippen LogP contribution < -0.4 is 4.74 Å². The molecule has 0 N–H and O–H groups in total. The number of aromatic nitrogens is 5. The monoisotopic (exact) mass is 449 g/mol. The molecule has 2 aromatic carbocycles. The average Bonchev–Trinajstić information content (AvgIpc) is 3.30. The highest BCUT2D eigenvalue weighted by molar-refractivity contribution is 5.55. The Morgan fingerprint density at radius 3 is 2.12 bits per heavy atom. The van der Waals surface area contributed by atoms with Gasteiger partial charge < -0.3 is 4.74 Å². The molecule has 33 heavy (non-hydrogen) atoms. The van der Waals surface area contributed by atoms with E-state index in [1.807, 2.05) is 54.6 Å². The van der Waals surface area contributed by atoms with Crippen molar-refractivity contribution >= 4 is 0 Å². The number of nitrogens with zero attached hydrogens (tertiary/aromatic N) is 5. The minimum absolute atomic E-state index is 0.0606. The molecule has 0 aliphatic rings. The molecule has 4 rings (SSSR count). The van der Waals surface area contributed by atoms with Gasteiger partial charge in [0.2, 0.25) is 5.82 Å². The van der Waals surface area contributed by atoms with E-state index in [9.17, 15) is 8.78 Å². The fraction of sp³-hybridized carbons (Fsp3) is 0.280. The predicted octanol–water partition coefficient (Wildman–Crippen LogP) is 5.89. The van der Waals surface area contributed by atoms with Gasteiger partial charge >= 0.3 is 6.55 Å². The Kier molecular flexibility index (Phi) is 6.44. The Labute approximate surface area is 191 Å². The molecule has 4 aromatic rings. The zero-order valence-corrected chi connectivity index (χ0v) is 18.7. The molecule has 1 atom stereocenters. The van der Waals surface area contributed by atoms with Gasteiger partial charge in [-0.15, -0.1) is 10.2 Å². The van der Waals surface area contributed by atoms with Crippen LogP contribution in [0.2, 0.25) is 0 Å². The minimum Gasteiger partial charge on any atom is -0.487 e. The molecule has 170 valence electrons. The fourth-order valence-corrected chi connectivity index (χ4v) is 3.84. The summed E-state index contributed by atoms with van der Waals surface area (Å²) in [5, 5.41) is 10.8. The first-order chi connectivity index (χ1) is 15.8. The maximum atomic E-state index is 12.7. The van der Waals surface area contributed by atoms with Crippen molar-refractivity contribution in [3.63, 3.8) is 0 Å². The lowest BCUT2D eigenvalue weighted by molar-refractivity contribution is 0.0397. The number of hydrogen-bond donors (Lipinski definition) is 0. The summed E-state index contributed by atoms with van der Waals surface area (Å²) in [6.07, 6.45) is 1.75. The number of hydrogen-bond acceptors (Lipinski definition) is 5. The minimum atomic E-state index is -2.81. The molecule has 0 saturated carbocycles. The van der Waals surface area contributed by atoms with Crippen molar-refractivity contribution in [3.05, 3.63) is 89.7 Å². The number of pyridine rings is 1. The highest BCUT2D eigenvalue weighted by Gasteiger charge is 2.28. The molecular formula is C25H25F2N5O. The molecule has 1 unspecified atom stereocenters. The van der Waals surface area contributed by atoms with Crippen LogP contribution in [0.5, 0.6) is 5.75 Å². The Morgan fingerprint density at radius 1 is 0.909 bits per heavy atom. The molecule has 0 bridgehead atoms. The summed E-state index contributed by atoms with van der Waals surface area (Å²) < 4.78 is 31.3. The van der Waals surface area contributed by atoms with Gasteiger partial charge in [-0.1, -0.05) is 68.0 Å². The van der Waals surface area contributed by atoms with Crippen molar-refractivity contribution < 1.29 is 13.5 Å². The Bertz CT molecular complexity index is 1170. The van der Waals surface area contributed by atoms with Gasteiger partial charge in [0, 0.05) is 17.7 Å². The summed E-state index contributed by atoms with van der Waals surface area (Å²) in [6.45, 7) is 4.16. The maximum absolute atomic E-state index is 12.7. The van der Waals surface area contributed by atoms with E-state index < -0.39 is 6.55 Å². The third kappa shape index (κ3) is 5.39. The molecule has 0 saturated heterocycles. The molecule has 0 amide bonds. The zero-order valence-electron chi connectivity index (χ0n) is 18.7. The number of rotatable bonds is 7. The van der Waals surface area contributed by atoms with Gasteiger partial charge in [0.05, 0.1) is 5.69 Å². The first-order valence-corrected chi connectivity index (χ1v) is 10.6. The zero-order chi connectivity index (χ0) is 23.4. The van der Waals surface area contributed by atoms with Crippen LogP contribution in [0.1, 0.15) is 50.1 Å². The normalized spacial score (nSPS) is 12.7. The van der Waals surface area contributed by atoms with E-state index in [1.165, 1.54) is 0 Å². The van der Waals surface area contributed by atoms with Gasteiger partial charge in [-0.3, -0.25) is 4.98 Å². The number of alkyl halides is 2. The van der Waals surface area contributed by atoms with E-state index in [0.29, 0.717) is 17.0 Å². The van der Waals surface area contributed by atoms with Crippen LogP contribution in [-0.4, -0.2) is 25.2 Å². The Hall–Kier alpha value is -3.68. The van der Waals surface area contributed by atoms with Crippen molar-refractivity contribution in [2.24, 2.45) is 5.41 Å². The molecule has 6 nitrogen and oxygen atoms in total. The van der Waals surface area contributed by atoms with E-state index in [1.54, 1.807) is 6.20 Å². The summed E-state index contributed by atoms with van der Waals surface area (Å²) in [7, 11) is 0. The summed E-state index contributed by atoms with van der Waals surface area (Å²) in [5.41, 5.74) is 3.71. The van der Waals surface area contributed by atoms with Gasteiger partial charge in [-0.25, -0.2) is 0 Å². The molecule has 0 aliphatic carbocycles. The van der Waals surface area contributed by atoms with E-state index in [0.717, 1.165) is 22.6 Å². The van der Waals surface area contributed by atoms with Crippen LogP contribution in [0.4, 0.5) is 8.78 Å². The van der Waals surface area contributed by atoms with Crippen molar-refractivity contribution in [2.75, 3.05) is 0 Å². The number of tetrazole rings is 1. The molecule has 0 aliphatic heterocycles. The van der Waals surface area contributed by atoms with Gasteiger partial charge in [-0.05, 0) is 46.0 Å². The highest BCUT2D eigenvalue weighted by Crippen LogP contribution is 2.41.